The van der Waals surface area contributed by atoms with Crippen molar-refractivity contribution in [3.63, 3.8) is 0 Å². The Morgan fingerprint density at radius 1 is 0.371 bits per heavy atom. The van der Waals surface area contributed by atoms with Gasteiger partial charge in [-0.1, -0.05) is 24.3 Å². The minimum absolute atomic E-state index is 0.0689. The number of hydrogen-bond acceptors (Lipinski definition) is 16. The average Bonchev–Trinajstić information content (AvgIpc) is 3.38. The topological polar surface area (TPSA) is 195 Å². The molecule has 0 aliphatic carbocycles. The lowest BCUT2D eigenvalue weighted by Gasteiger charge is -2.12. The molecule has 0 radical (unpaired) electrons. The van der Waals surface area contributed by atoms with E-state index < -0.39 is 35.8 Å². The van der Waals surface area contributed by atoms with Crippen molar-refractivity contribution in [3.05, 3.63) is 167 Å². The zero-order valence-corrected chi connectivity index (χ0v) is 39.2. The van der Waals surface area contributed by atoms with Crippen LogP contribution < -0.4 is 28.4 Å². The highest BCUT2D eigenvalue weighted by Crippen LogP contribution is 2.28. The van der Waals surface area contributed by atoms with Gasteiger partial charge in [0.25, 0.3) is 0 Å². The monoisotopic (exact) mass is 954 g/mol. The number of esters is 6. The summed E-state index contributed by atoms with van der Waals surface area (Å²) in [5.41, 5.74) is 2.57. The summed E-state index contributed by atoms with van der Waals surface area (Å²) in [6.45, 7) is 4.05. The Morgan fingerprint density at radius 3 is 0.986 bits per heavy atom. The minimum atomic E-state index is -0.739. The van der Waals surface area contributed by atoms with E-state index in [9.17, 15) is 28.8 Å². The number of rotatable bonds is 21. The molecule has 0 aliphatic rings. The van der Waals surface area contributed by atoms with Gasteiger partial charge in [0, 0.05) is 27.1 Å². The number of carbonyl (C=O) groups is 6. The van der Waals surface area contributed by atoms with Crippen LogP contribution in [0.2, 0.25) is 0 Å². The van der Waals surface area contributed by atoms with Crippen LogP contribution in [0.4, 0.5) is 0 Å². The van der Waals surface area contributed by atoms with Gasteiger partial charge >= 0.3 is 35.8 Å². The molecule has 2 unspecified atom stereocenters. The van der Waals surface area contributed by atoms with E-state index in [0.29, 0.717) is 12.8 Å². The number of benzene rings is 6. The summed E-state index contributed by atoms with van der Waals surface area (Å²) in [4.78, 5) is 77.0. The number of carbonyl (C=O) groups excluding carboxylic acids is 6. The van der Waals surface area contributed by atoms with Gasteiger partial charge in [0.1, 0.15) is 45.6 Å². The van der Waals surface area contributed by atoms with Crippen molar-refractivity contribution < 1.29 is 76.1 Å². The zero-order chi connectivity index (χ0) is 50.2. The molecule has 0 heterocycles. The van der Waals surface area contributed by atoms with Gasteiger partial charge in [-0.2, -0.15) is 0 Å². The van der Waals surface area contributed by atoms with E-state index in [4.69, 9.17) is 47.4 Å². The Balaban J connectivity index is 0.964. The van der Waals surface area contributed by atoms with Crippen LogP contribution in [-0.4, -0.2) is 89.7 Å². The Morgan fingerprint density at radius 2 is 0.671 bits per heavy atom. The molecule has 362 valence electrons. The second-order valence-corrected chi connectivity index (χ2v) is 15.4. The summed E-state index contributed by atoms with van der Waals surface area (Å²) in [5.74, 6) is -2.77. The van der Waals surface area contributed by atoms with Crippen LogP contribution in [0.3, 0.4) is 0 Å². The Hall–Kier alpha value is -8.34. The second-order valence-electron chi connectivity index (χ2n) is 15.4. The fourth-order valence-electron chi connectivity index (χ4n) is 6.42. The second kappa shape index (κ2) is 24.6. The normalized spacial score (nSPS) is 11.6. The highest BCUT2D eigenvalue weighted by atomic mass is 16.6. The molecule has 0 fully saturated rings. The van der Waals surface area contributed by atoms with Crippen molar-refractivity contribution in [3.8, 4) is 45.6 Å². The van der Waals surface area contributed by atoms with E-state index >= 15 is 0 Å². The molecule has 16 heteroatoms. The summed E-state index contributed by atoms with van der Waals surface area (Å²) in [5, 5.41) is 0. The predicted molar refractivity (Wildman–Crippen MR) is 253 cm³/mol. The molecular weight excluding hydrogens is 905 g/mol. The molecule has 0 aromatic heterocycles. The highest BCUT2D eigenvalue weighted by Gasteiger charge is 2.21. The average molecular weight is 955 g/mol. The quantitative estimate of drug-likeness (QED) is 0.0488. The van der Waals surface area contributed by atoms with E-state index in [1.165, 1.54) is 99.1 Å². The van der Waals surface area contributed by atoms with Gasteiger partial charge in [0.05, 0.1) is 61.9 Å². The van der Waals surface area contributed by atoms with E-state index in [1.54, 1.807) is 62.8 Å². The number of hydrogen-bond donors (Lipinski definition) is 0. The summed E-state index contributed by atoms with van der Waals surface area (Å²) >= 11 is 0. The fourth-order valence-corrected chi connectivity index (χ4v) is 6.42. The van der Waals surface area contributed by atoms with Crippen molar-refractivity contribution in [2.45, 2.75) is 38.9 Å². The maximum atomic E-state index is 13.0. The first-order chi connectivity index (χ1) is 33.8. The SMILES string of the molecule is COc1cc(C(=O)OCCC(C)OC)ccc1C(=O)Oc1ccc(C(=O)Oc2ccc(-c3ccc(OC(=O)c4ccc(OC(=O)c5ccc(C(=O)OCCC(C)OC)cc5OC)cc4)cc3)cc2)cc1. The van der Waals surface area contributed by atoms with Crippen molar-refractivity contribution in [1.29, 1.82) is 0 Å². The molecule has 0 amide bonds. The van der Waals surface area contributed by atoms with Crippen LogP contribution >= 0.6 is 0 Å². The zero-order valence-electron chi connectivity index (χ0n) is 39.2. The van der Waals surface area contributed by atoms with Crippen LogP contribution in [-0.2, 0) is 18.9 Å². The lowest BCUT2D eigenvalue weighted by atomic mass is 10.1. The van der Waals surface area contributed by atoms with Crippen molar-refractivity contribution in [2.24, 2.45) is 0 Å². The molecule has 16 nitrogen and oxygen atoms in total. The van der Waals surface area contributed by atoms with Gasteiger partial charge in [0.15, 0.2) is 0 Å². The fraction of sp³-hybridized carbons (Fsp3) is 0.222. The molecule has 70 heavy (non-hydrogen) atoms. The first-order valence-electron chi connectivity index (χ1n) is 21.8. The lowest BCUT2D eigenvalue weighted by Crippen LogP contribution is -2.14. The summed E-state index contributed by atoms with van der Waals surface area (Å²) in [6.07, 6.45) is 0.915. The molecule has 6 rings (SSSR count). The summed E-state index contributed by atoms with van der Waals surface area (Å²) in [6, 6.07) is 33.7. The molecule has 6 aromatic rings. The first-order valence-corrected chi connectivity index (χ1v) is 21.8. The largest absolute Gasteiger partial charge is 0.496 e. The van der Waals surface area contributed by atoms with Crippen molar-refractivity contribution in [2.75, 3.05) is 41.7 Å². The van der Waals surface area contributed by atoms with Gasteiger partial charge in [-0.05, 0) is 134 Å². The van der Waals surface area contributed by atoms with Crippen LogP contribution in [0.1, 0.15) is 88.8 Å². The van der Waals surface area contributed by atoms with Gasteiger partial charge in [-0.25, -0.2) is 28.8 Å². The summed E-state index contributed by atoms with van der Waals surface area (Å²) < 4.78 is 53.7. The lowest BCUT2D eigenvalue weighted by molar-refractivity contribution is 0.0380. The molecular formula is C54H50O16. The smallest absolute Gasteiger partial charge is 0.347 e. The minimum Gasteiger partial charge on any atom is -0.496 e. The number of methoxy groups -OCH3 is 4. The molecule has 6 aromatic carbocycles. The van der Waals surface area contributed by atoms with Crippen LogP contribution in [0.15, 0.2) is 133 Å². The molecule has 0 saturated carbocycles. The van der Waals surface area contributed by atoms with Gasteiger partial charge in [0.2, 0.25) is 0 Å². The standard InChI is InChI=1S/C54H50O16/c1-33(61-3)27-29-65-49(55)39-15-25-45(47(31-39)63-5)53(59)69-43-21-11-37(12-22-43)51(57)67-41-17-7-35(8-18-41)36-9-19-42(20-10-36)68-52(58)38-13-23-44(24-14-38)70-54(60)46-26-16-40(32-48(46)64-6)50(56)66-30-28-34(2)62-4/h7-26,31-34H,27-30H2,1-6H3. The van der Waals surface area contributed by atoms with Gasteiger partial charge < -0.3 is 47.4 Å². The Labute approximate surface area is 403 Å². The molecule has 0 saturated heterocycles. The Bertz CT molecular complexity index is 2590. The van der Waals surface area contributed by atoms with Crippen LogP contribution in [0.5, 0.6) is 34.5 Å². The highest BCUT2D eigenvalue weighted by molar-refractivity contribution is 5.98. The van der Waals surface area contributed by atoms with Crippen LogP contribution in [0.25, 0.3) is 11.1 Å². The maximum Gasteiger partial charge on any atom is 0.347 e. The summed E-state index contributed by atoms with van der Waals surface area (Å²) in [7, 11) is 5.87. The third-order valence-electron chi connectivity index (χ3n) is 10.7. The van der Waals surface area contributed by atoms with Gasteiger partial charge in [-0.15, -0.1) is 0 Å². The molecule has 0 spiro atoms. The van der Waals surface area contributed by atoms with E-state index in [2.05, 4.69) is 0 Å². The third-order valence-corrected chi connectivity index (χ3v) is 10.7. The van der Waals surface area contributed by atoms with Crippen molar-refractivity contribution in [1.82, 2.24) is 0 Å². The van der Waals surface area contributed by atoms with Crippen LogP contribution in [0, 0.1) is 0 Å². The van der Waals surface area contributed by atoms with E-state index in [-0.39, 0.29) is 93.3 Å². The van der Waals surface area contributed by atoms with Crippen molar-refractivity contribution >= 4 is 35.8 Å². The van der Waals surface area contributed by atoms with E-state index in [1.807, 2.05) is 13.8 Å². The molecule has 0 bridgehead atoms. The molecule has 0 N–H and O–H groups in total. The number of ether oxygens (including phenoxy) is 10. The molecule has 0 aliphatic heterocycles. The molecule has 2 atom stereocenters. The maximum absolute atomic E-state index is 13.0. The van der Waals surface area contributed by atoms with E-state index in [0.717, 1.165) is 11.1 Å². The Kier molecular flexibility index (Phi) is 18.0. The third kappa shape index (κ3) is 13.9. The predicted octanol–water partition coefficient (Wildman–Crippen LogP) is 9.41. The van der Waals surface area contributed by atoms with Gasteiger partial charge in [-0.3, -0.25) is 0 Å². The first kappa shape index (κ1) is 51.1.